The number of benzene rings is 1. The Bertz CT molecular complexity index is 1400. The van der Waals surface area contributed by atoms with E-state index in [2.05, 4.69) is 37.3 Å². The summed E-state index contributed by atoms with van der Waals surface area (Å²) >= 11 is 0. The first-order valence-corrected chi connectivity index (χ1v) is 11.9. The van der Waals surface area contributed by atoms with Crippen LogP contribution in [0.15, 0.2) is 54.6 Å². The number of aromatic nitrogens is 4. The van der Waals surface area contributed by atoms with Crippen LogP contribution < -0.4 is 10.6 Å². The van der Waals surface area contributed by atoms with E-state index in [1.807, 2.05) is 56.2 Å². The molecule has 0 amide bonds. The average Bonchev–Trinajstić information content (AvgIpc) is 3.48. The Morgan fingerprint density at radius 1 is 1.20 bits per heavy atom. The third kappa shape index (κ3) is 4.74. The average molecular weight is 472 g/mol. The van der Waals surface area contributed by atoms with Crippen molar-refractivity contribution >= 4 is 33.8 Å². The lowest BCUT2D eigenvalue weighted by atomic mass is 10.0. The molecular weight excluding hydrogens is 441 g/mol. The van der Waals surface area contributed by atoms with Gasteiger partial charge in [0.2, 0.25) is 0 Å². The number of aliphatic imine (C=N–C) groups is 1. The fourth-order valence-electron chi connectivity index (χ4n) is 4.58. The number of rotatable bonds is 6. The number of hydrogen-bond donors (Lipinski definition) is 3. The molecular formula is C27H30FN7. The van der Waals surface area contributed by atoms with Gasteiger partial charge in [-0.05, 0) is 76.0 Å². The van der Waals surface area contributed by atoms with Crippen molar-refractivity contribution in [3.05, 3.63) is 66.5 Å². The maximum absolute atomic E-state index is 14.9. The maximum atomic E-state index is 14.9. The smallest absolute Gasteiger partial charge is 0.149 e. The Hall–Kier alpha value is -3.78. The van der Waals surface area contributed by atoms with Crippen molar-refractivity contribution in [2.45, 2.75) is 39.7 Å². The van der Waals surface area contributed by atoms with E-state index in [-0.39, 0.29) is 5.82 Å². The van der Waals surface area contributed by atoms with Gasteiger partial charge in [0, 0.05) is 46.5 Å². The van der Waals surface area contributed by atoms with Gasteiger partial charge in [-0.25, -0.2) is 9.37 Å². The molecule has 0 unspecified atom stereocenters. The minimum Gasteiger partial charge on any atom is -0.353 e. The van der Waals surface area contributed by atoms with Gasteiger partial charge in [0.25, 0.3) is 0 Å². The lowest BCUT2D eigenvalue weighted by Crippen LogP contribution is -2.29. The molecule has 35 heavy (non-hydrogen) atoms. The molecule has 0 atom stereocenters. The molecule has 1 fully saturated rings. The minimum atomic E-state index is -0.337. The van der Waals surface area contributed by atoms with E-state index in [9.17, 15) is 4.39 Å². The number of anilines is 1. The van der Waals surface area contributed by atoms with Gasteiger partial charge in [0.1, 0.15) is 17.2 Å². The highest BCUT2D eigenvalue weighted by Crippen LogP contribution is 2.34. The van der Waals surface area contributed by atoms with Crippen molar-refractivity contribution in [3.63, 3.8) is 0 Å². The number of piperidine rings is 1. The van der Waals surface area contributed by atoms with Gasteiger partial charge in [-0.1, -0.05) is 6.58 Å². The van der Waals surface area contributed by atoms with E-state index in [4.69, 9.17) is 0 Å². The van der Waals surface area contributed by atoms with E-state index in [0.29, 0.717) is 11.7 Å². The molecule has 0 spiro atoms. The number of nitrogens with zero attached hydrogens (tertiary/aromatic N) is 4. The molecule has 4 aromatic rings. The first kappa shape index (κ1) is 23.0. The summed E-state index contributed by atoms with van der Waals surface area (Å²) in [6.07, 6.45) is 9.65. The van der Waals surface area contributed by atoms with Crippen LogP contribution in [0.3, 0.4) is 0 Å². The molecule has 5 rings (SSSR count). The number of pyridine rings is 1. The SMILES string of the molecule is C=C(Nc1cnn(C2CCNCC2)c1)c1cnc2[nH]cc(-c3cc(C)c(N=C(C)C)c(F)c3)c2c1. The van der Waals surface area contributed by atoms with E-state index < -0.39 is 0 Å². The molecule has 1 aliphatic heterocycles. The summed E-state index contributed by atoms with van der Waals surface area (Å²) in [5.41, 5.74) is 6.85. The zero-order valence-corrected chi connectivity index (χ0v) is 20.3. The van der Waals surface area contributed by atoms with Crippen LogP contribution in [-0.4, -0.2) is 38.5 Å². The highest BCUT2D eigenvalue weighted by Gasteiger charge is 2.17. The molecule has 4 heterocycles. The molecule has 7 nitrogen and oxygen atoms in total. The van der Waals surface area contributed by atoms with Crippen molar-refractivity contribution in [1.82, 2.24) is 25.1 Å². The van der Waals surface area contributed by atoms with Crippen LogP contribution in [-0.2, 0) is 0 Å². The molecule has 8 heteroatoms. The molecule has 1 aliphatic rings. The quantitative estimate of drug-likeness (QED) is 0.302. The standard InChI is InChI=1S/C27H30FN7/c1-16(2)33-26-17(3)9-19(11-25(26)28)24-14-31-27-23(24)10-20(12-30-27)18(4)34-21-13-32-35(15-21)22-5-7-29-8-6-22/h9-15,22,29,34H,4-8H2,1-3H3,(H,30,31). The number of aryl methyl sites for hydroxylation is 1. The summed E-state index contributed by atoms with van der Waals surface area (Å²) in [6.45, 7) is 11.9. The third-order valence-corrected chi connectivity index (χ3v) is 6.36. The molecule has 3 aromatic heterocycles. The van der Waals surface area contributed by atoms with Gasteiger partial charge >= 0.3 is 0 Å². The summed E-state index contributed by atoms with van der Waals surface area (Å²) in [5, 5.41) is 12.2. The summed E-state index contributed by atoms with van der Waals surface area (Å²) in [7, 11) is 0. The van der Waals surface area contributed by atoms with Crippen LogP contribution in [0, 0.1) is 12.7 Å². The van der Waals surface area contributed by atoms with Gasteiger partial charge in [-0.15, -0.1) is 0 Å². The normalized spacial score (nSPS) is 14.3. The highest BCUT2D eigenvalue weighted by atomic mass is 19.1. The second-order valence-electron chi connectivity index (χ2n) is 9.30. The number of nitrogens with one attached hydrogen (secondary N) is 3. The number of aromatic amines is 1. The van der Waals surface area contributed by atoms with Crippen LogP contribution in [0.1, 0.15) is 43.9 Å². The molecule has 180 valence electrons. The maximum Gasteiger partial charge on any atom is 0.149 e. The van der Waals surface area contributed by atoms with Gasteiger partial charge in [-0.2, -0.15) is 5.10 Å². The van der Waals surface area contributed by atoms with Crippen LogP contribution in [0.4, 0.5) is 15.8 Å². The summed E-state index contributed by atoms with van der Waals surface area (Å²) in [4.78, 5) is 12.1. The van der Waals surface area contributed by atoms with Crippen molar-refractivity contribution in [2.75, 3.05) is 18.4 Å². The molecule has 1 aromatic carbocycles. The molecule has 0 saturated carbocycles. The molecule has 3 N–H and O–H groups in total. The van der Waals surface area contributed by atoms with Crippen molar-refractivity contribution in [2.24, 2.45) is 4.99 Å². The van der Waals surface area contributed by atoms with E-state index in [0.717, 1.165) is 76.3 Å². The van der Waals surface area contributed by atoms with E-state index >= 15 is 0 Å². The second kappa shape index (κ2) is 9.46. The lowest BCUT2D eigenvalue weighted by Gasteiger charge is -2.22. The molecule has 0 radical (unpaired) electrons. The van der Waals surface area contributed by atoms with Crippen molar-refractivity contribution in [3.8, 4) is 11.1 Å². The molecule has 1 saturated heterocycles. The first-order valence-electron chi connectivity index (χ1n) is 11.9. The van der Waals surface area contributed by atoms with Crippen LogP contribution in [0.2, 0.25) is 0 Å². The summed E-state index contributed by atoms with van der Waals surface area (Å²) in [6, 6.07) is 5.94. The number of halogens is 1. The topological polar surface area (TPSA) is 82.9 Å². The zero-order valence-electron chi connectivity index (χ0n) is 20.3. The van der Waals surface area contributed by atoms with Crippen LogP contribution in [0.25, 0.3) is 27.9 Å². The van der Waals surface area contributed by atoms with Crippen LogP contribution >= 0.6 is 0 Å². The predicted molar refractivity (Wildman–Crippen MR) is 141 cm³/mol. The fourth-order valence-corrected chi connectivity index (χ4v) is 4.58. The van der Waals surface area contributed by atoms with Gasteiger partial charge < -0.3 is 15.6 Å². The molecule has 0 bridgehead atoms. The Morgan fingerprint density at radius 2 is 2.00 bits per heavy atom. The Morgan fingerprint density at radius 3 is 2.74 bits per heavy atom. The third-order valence-electron chi connectivity index (χ3n) is 6.36. The summed E-state index contributed by atoms with van der Waals surface area (Å²) in [5.74, 6) is -0.337. The lowest BCUT2D eigenvalue weighted by molar-refractivity contribution is 0.343. The highest BCUT2D eigenvalue weighted by molar-refractivity contribution is 5.96. The minimum absolute atomic E-state index is 0.337. The van der Waals surface area contributed by atoms with Crippen LogP contribution in [0.5, 0.6) is 0 Å². The van der Waals surface area contributed by atoms with Gasteiger partial charge in [0.15, 0.2) is 0 Å². The number of fused-ring (bicyclic) bond motifs is 1. The Labute approximate surface area is 204 Å². The van der Waals surface area contributed by atoms with Gasteiger partial charge in [-0.3, -0.25) is 9.67 Å². The monoisotopic (exact) mass is 471 g/mol. The number of H-pyrrole nitrogens is 1. The zero-order chi connectivity index (χ0) is 24.5. The largest absolute Gasteiger partial charge is 0.353 e. The number of hydrogen-bond acceptors (Lipinski definition) is 5. The van der Waals surface area contributed by atoms with Crippen molar-refractivity contribution in [1.29, 1.82) is 0 Å². The van der Waals surface area contributed by atoms with Gasteiger partial charge in [0.05, 0.1) is 17.9 Å². The fraction of sp³-hybridized carbons (Fsp3) is 0.296. The Kier molecular flexibility index (Phi) is 6.21. The first-order chi connectivity index (χ1) is 16.9. The summed E-state index contributed by atoms with van der Waals surface area (Å²) < 4.78 is 16.9. The second-order valence-corrected chi connectivity index (χ2v) is 9.30. The predicted octanol–water partition coefficient (Wildman–Crippen LogP) is 5.99. The molecule has 0 aliphatic carbocycles. The Balaban J connectivity index is 1.41. The van der Waals surface area contributed by atoms with E-state index in [1.54, 1.807) is 6.20 Å². The van der Waals surface area contributed by atoms with E-state index in [1.165, 1.54) is 6.07 Å². The van der Waals surface area contributed by atoms with Crippen molar-refractivity contribution < 1.29 is 4.39 Å².